The summed E-state index contributed by atoms with van der Waals surface area (Å²) in [7, 11) is 4.63. The fourth-order valence-electron chi connectivity index (χ4n) is 7.83. The summed E-state index contributed by atoms with van der Waals surface area (Å²) in [5, 5.41) is 50.2. The van der Waals surface area contributed by atoms with E-state index in [9.17, 15) is 83.2 Å². The highest BCUT2D eigenvalue weighted by Crippen LogP contribution is 2.36. The van der Waals surface area contributed by atoms with Crippen LogP contribution in [-0.4, -0.2) is 133 Å². The number of carbonyl (C=O) groups is 4. The van der Waals surface area contributed by atoms with Gasteiger partial charge in [-0.25, -0.2) is 14.3 Å². The molecule has 2 amide bonds. The number of aliphatic hydroxyl groups excluding tert-OH is 3. The summed E-state index contributed by atoms with van der Waals surface area (Å²) in [5.74, 6) is -13.5. The number of amides is 2. The number of nitrogens with zero attached hydrogens (tertiary/aromatic N) is 3. The number of carbonyl (C=O) groups excluding carboxylic acids is 3. The van der Waals surface area contributed by atoms with Crippen LogP contribution in [-0.2, 0) is 47.9 Å². The zero-order valence-electron chi connectivity index (χ0n) is 46.4. The van der Waals surface area contributed by atoms with Gasteiger partial charge in [-0.15, -0.1) is 0 Å². The van der Waals surface area contributed by atoms with Gasteiger partial charge >= 0.3 is 36.1 Å². The molecule has 0 spiro atoms. The van der Waals surface area contributed by atoms with E-state index in [1.807, 2.05) is 72.8 Å². The Balaban J connectivity index is 0.000000281. The van der Waals surface area contributed by atoms with Gasteiger partial charge < -0.3 is 45.3 Å². The molecule has 7 aromatic rings. The molecule has 0 bridgehead atoms. The summed E-state index contributed by atoms with van der Waals surface area (Å²) in [5.41, 5.74) is 5.44. The maximum Gasteiger partial charge on any atom is 0.456 e. The molecule has 0 aliphatic heterocycles. The van der Waals surface area contributed by atoms with Crippen molar-refractivity contribution in [2.75, 3.05) is 20.3 Å². The van der Waals surface area contributed by atoms with E-state index in [1.54, 1.807) is 62.7 Å². The van der Waals surface area contributed by atoms with Crippen LogP contribution in [0.1, 0.15) is 50.5 Å². The van der Waals surface area contributed by atoms with Crippen LogP contribution in [0.5, 0.6) is 11.6 Å². The Morgan fingerprint density at radius 2 is 1.11 bits per heavy atom. The van der Waals surface area contributed by atoms with E-state index < -0.39 is 97.4 Å². The van der Waals surface area contributed by atoms with Gasteiger partial charge in [0.2, 0.25) is 5.88 Å². The largest absolute Gasteiger partial charge is 0.497 e. The van der Waals surface area contributed by atoms with Crippen LogP contribution in [0.4, 0.5) is 43.9 Å². The molecule has 0 aliphatic rings. The molecule has 7 N–H and O–H groups in total. The molecule has 30 heteroatoms. The van der Waals surface area contributed by atoms with E-state index in [2.05, 4.69) is 25.6 Å². The molecule has 5 aromatic carbocycles. The first kappa shape index (κ1) is 70.3. The van der Waals surface area contributed by atoms with Crippen molar-refractivity contribution >= 4 is 47.0 Å². The Bertz CT molecular complexity index is 3510. The van der Waals surface area contributed by atoms with Crippen molar-refractivity contribution in [2.24, 2.45) is 14.1 Å². The molecule has 0 radical (unpaired) electrons. The van der Waals surface area contributed by atoms with Crippen LogP contribution in [0.3, 0.4) is 0 Å². The van der Waals surface area contributed by atoms with E-state index in [4.69, 9.17) is 37.8 Å². The summed E-state index contributed by atoms with van der Waals surface area (Å²) < 4.78 is 136. The summed E-state index contributed by atoms with van der Waals surface area (Å²) in [4.78, 5) is 60.8. The molecule has 88 heavy (non-hydrogen) atoms. The fourth-order valence-corrected chi connectivity index (χ4v) is 8.21. The van der Waals surface area contributed by atoms with Gasteiger partial charge in [-0.3, -0.25) is 24.2 Å². The first-order valence-electron chi connectivity index (χ1n) is 25.8. The highest BCUT2D eigenvalue weighted by Gasteiger charge is 2.59. The van der Waals surface area contributed by atoms with Gasteiger partial charge in [0.25, 0.3) is 17.4 Å². The number of ether oxygens (including phenoxy) is 3. The van der Waals surface area contributed by atoms with E-state index in [-0.39, 0.29) is 30.8 Å². The van der Waals surface area contributed by atoms with Gasteiger partial charge in [0, 0.05) is 61.2 Å². The molecule has 0 saturated heterocycles. The minimum atomic E-state index is -5.95. The topological polar surface area (TPSA) is 257 Å². The normalized spacial score (nSPS) is 13.1. The lowest BCUT2D eigenvalue weighted by atomic mass is 9.97. The third kappa shape index (κ3) is 20.9. The number of aliphatic hydroxyl groups is 3. The predicted octanol–water partition coefficient (Wildman–Crippen LogP) is 9.55. The number of H-pyrrole nitrogens is 1. The number of aromatic nitrogens is 4. The Hall–Kier alpha value is -8.44. The monoisotopic (exact) mass is 1290 g/mol. The number of benzene rings is 5. The third-order valence-electron chi connectivity index (χ3n) is 12.6. The molecular formula is C58H56Cl2F10N6O12. The summed E-state index contributed by atoms with van der Waals surface area (Å²) in [6.07, 6.45) is -15.8. The summed E-state index contributed by atoms with van der Waals surface area (Å²) in [6.45, 7) is -4.24. The Morgan fingerprint density at radius 1 is 0.636 bits per heavy atom. The minimum Gasteiger partial charge on any atom is -0.497 e. The summed E-state index contributed by atoms with van der Waals surface area (Å²) in [6, 6.07) is 37.4. The first-order chi connectivity index (χ1) is 41.2. The lowest BCUT2D eigenvalue weighted by molar-refractivity contribution is -0.294. The van der Waals surface area contributed by atoms with Crippen LogP contribution in [0.25, 0.3) is 22.3 Å². The predicted molar refractivity (Wildman–Crippen MR) is 299 cm³/mol. The second kappa shape index (κ2) is 31.0. The van der Waals surface area contributed by atoms with Crippen molar-refractivity contribution in [1.29, 1.82) is 0 Å². The molecule has 0 unspecified atom stereocenters. The molecule has 0 saturated carbocycles. The van der Waals surface area contributed by atoms with Gasteiger partial charge in [-0.1, -0.05) is 108 Å². The molecule has 4 atom stereocenters. The minimum absolute atomic E-state index is 0.0156. The van der Waals surface area contributed by atoms with E-state index in [0.29, 0.717) is 27.9 Å². The van der Waals surface area contributed by atoms with Gasteiger partial charge in [-0.05, 0) is 88.2 Å². The van der Waals surface area contributed by atoms with Gasteiger partial charge in [0.05, 0.1) is 7.11 Å². The maximum atomic E-state index is 13.1. The standard InChI is InChI=1S/C30H30ClN3O6.C25H23ClF5N3O5.C3H3F5O/c1-34-28(40-18-20-8-12-25(39-2)13-9-20)17-26(33-34)29(36)32-24(16-27(35)30(37)38)14-19-6-10-21(11-7-19)22-4-3-5-23(31)15-22;1-34-21(36)12-19(33-34)22(37)32-18(11-20(35)23(38)39-13-24(27,28)25(29,30)31)9-14-5-7-15(8-6-14)16-3-2-4-17(26)10-16;4-2(5,1-9)3(6,7)8/h3-13,15,17,24,27,35H,14,16,18H2,1-2H3,(H,32,36)(H,37,38);2-8,10,12,18,20,33,35H,9,11,13H2,1H3,(H,32,37);9H,1H2/t24-,27-;18-,20-;/m11./s1. The molecule has 7 rings (SSSR count). The van der Waals surface area contributed by atoms with Crippen LogP contribution in [0, 0.1) is 0 Å². The highest BCUT2D eigenvalue weighted by atomic mass is 35.5. The van der Waals surface area contributed by atoms with E-state index >= 15 is 0 Å². The van der Waals surface area contributed by atoms with Gasteiger partial charge in [-0.2, -0.15) is 49.0 Å². The fraction of sp³-hybridized carbons (Fsp3) is 0.310. The van der Waals surface area contributed by atoms with Crippen LogP contribution >= 0.6 is 23.2 Å². The van der Waals surface area contributed by atoms with Crippen LogP contribution in [0.15, 0.2) is 138 Å². The van der Waals surface area contributed by atoms with Crippen molar-refractivity contribution in [1.82, 2.24) is 30.2 Å². The smallest absolute Gasteiger partial charge is 0.456 e. The Labute approximate surface area is 504 Å². The number of aryl methyl sites for hydroxylation is 2. The van der Waals surface area contributed by atoms with Gasteiger partial charge in [0.15, 0.2) is 24.5 Å². The zero-order chi connectivity index (χ0) is 65.3. The number of nitrogens with one attached hydrogen (secondary N) is 3. The number of carboxylic acids is 1. The molecule has 2 aromatic heterocycles. The average molecular weight is 1290 g/mol. The number of hydrogen-bond acceptors (Lipinski definition) is 12. The van der Waals surface area contributed by atoms with Crippen LogP contribution < -0.4 is 25.7 Å². The van der Waals surface area contributed by atoms with E-state index in [0.717, 1.165) is 49.9 Å². The maximum absolute atomic E-state index is 13.1. The van der Waals surface area contributed by atoms with E-state index in [1.165, 1.54) is 17.8 Å². The number of esters is 1. The molecule has 18 nitrogen and oxygen atoms in total. The SMILES string of the molecule is COc1ccc(COc2cc(C(=O)N[C@H](Cc3ccc(-c4cccc(Cl)c4)cc3)C[C@@H](O)C(=O)O)nn2C)cc1.Cn1[nH]c(C(=O)N[C@H](Cc2ccc(-c3cccc(Cl)c3)cc2)C[C@@H](O)C(=O)OCC(F)(F)C(F)(F)F)cc1=O.OCC(F)(F)C(F)(F)F. The molecule has 0 aliphatic carbocycles. The average Bonchev–Trinajstić information content (AvgIpc) is 3.80. The molecule has 474 valence electrons. The highest BCUT2D eigenvalue weighted by molar-refractivity contribution is 6.31. The molecular weight excluding hydrogens is 1230 g/mol. The number of hydrogen-bond donors (Lipinski definition) is 7. The Morgan fingerprint density at radius 3 is 1.53 bits per heavy atom. The Kier molecular flexibility index (Phi) is 24.7. The number of alkyl halides is 10. The number of methoxy groups -OCH3 is 1. The lowest BCUT2D eigenvalue weighted by Crippen LogP contribution is -2.44. The number of aromatic amines is 1. The van der Waals surface area contributed by atoms with Crippen molar-refractivity contribution in [3.05, 3.63) is 182 Å². The number of halogens is 12. The number of aliphatic carboxylic acids is 1. The number of carboxylic acid groups (broad SMARTS) is 1. The second-order valence-electron chi connectivity index (χ2n) is 19.4. The van der Waals surface area contributed by atoms with Crippen molar-refractivity contribution in [3.8, 4) is 33.9 Å². The van der Waals surface area contributed by atoms with Crippen LogP contribution in [0.2, 0.25) is 10.0 Å². The second-order valence-corrected chi connectivity index (χ2v) is 20.2. The number of rotatable bonds is 23. The quantitative estimate of drug-likeness (QED) is 0.0233. The lowest BCUT2D eigenvalue weighted by Gasteiger charge is -2.23. The summed E-state index contributed by atoms with van der Waals surface area (Å²) >= 11 is 12.1. The van der Waals surface area contributed by atoms with Crippen molar-refractivity contribution in [2.45, 2.75) is 80.8 Å². The molecule has 0 fully saturated rings. The first-order valence-corrected chi connectivity index (χ1v) is 26.6. The van der Waals surface area contributed by atoms with Crippen molar-refractivity contribution < 1.29 is 97.7 Å². The third-order valence-corrected chi connectivity index (χ3v) is 13.1. The van der Waals surface area contributed by atoms with Crippen molar-refractivity contribution in [3.63, 3.8) is 0 Å². The molecule has 2 heterocycles. The zero-order valence-corrected chi connectivity index (χ0v) is 47.9. The van der Waals surface area contributed by atoms with Gasteiger partial charge in [0.1, 0.15) is 24.7 Å².